The molecule has 0 bridgehead atoms. The lowest BCUT2D eigenvalue weighted by atomic mass is 9.92. The highest BCUT2D eigenvalue weighted by molar-refractivity contribution is 5.95. The van der Waals surface area contributed by atoms with Crippen LogP contribution in [0.1, 0.15) is 57.6 Å². The SMILES string of the molecule is CC(=CC(=O)C(F)(F)F)Nc1c(C(C)C)cccc1C(C)C. The fourth-order valence-corrected chi connectivity index (χ4v) is 2.21. The summed E-state index contributed by atoms with van der Waals surface area (Å²) in [7, 11) is 0. The standard InChI is InChI=1S/C17H22F3NO/c1-10(2)13-7-6-8-14(11(3)4)16(13)21-12(5)9-15(22)17(18,19)20/h6-11,21H,1-5H3. The Hall–Kier alpha value is -1.78. The number of allylic oxidation sites excluding steroid dienone is 2. The van der Waals surface area contributed by atoms with Crippen molar-refractivity contribution in [3.8, 4) is 0 Å². The van der Waals surface area contributed by atoms with Gasteiger partial charge in [0.05, 0.1) is 0 Å². The lowest BCUT2D eigenvalue weighted by Crippen LogP contribution is -2.21. The normalized spacial score (nSPS) is 12.9. The van der Waals surface area contributed by atoms with Gasteiger partial charge >= 0.3 is 6.18 Å². The van der Waals surface area contributed by atoms with Gasteiger partial charge in [-0.05, 0) is 29.9 Å². The fourth-order valence-electron chi connectivity index (χ4n) is 2.21. The summed E-state index contributed by atoms with van der Waals surface area (Å²) in [5, 5.41) is 2.99. The van der Waals surface area contributed by atoms with Crippen molar-refractivity contribution in [2.75, 3.05) is 5.32 Å². The van der Waals surface area contributed by atoms with Crippen LogP contribution in [0.2, 0.25) is 0 Å². The van der Waals surface area contributed by atoms with Crippen LogP contribution in [0, 0.1) is 0 Å². The summed E-state index contributed by atoms with van der Waals surface area (Å²) in [6, 6.07) is 5.82. The average Bonchev–Trinajstić information content (AvgIpc) is 2.36. The molecule has 0 aliphatic carbocycles. The number of nitrogens with one attached hydrogen (secondary N) is 1. The largest absolute Gasteiger partial charge is 0.454 e. The maximum absolute atomic E-state index is 12.3. The molecule has 5 heteroatoms. The first-order chi connectivity index (χ1) is 10.0. The number of para-hydroxylation sites is 1. The number of benzene rings is 1. The second-order valence-corrected chi connectivity index (χ2v) is 5.94. The number of halogens is 3. The third-order valence-electron chi connectivity index (χ3n) is 3.32. The van der Waals surface area contributed by atoms with Crippen molar-refractivity contribution < 1.29 is 18.0 Å². The molecule has 1 rings (SSSR count). The van der Waals surface area contributed by atoms with E-state index in [9.17, 15) is 18.0 Å². The van der Waals surface area contributed by atoms with Gasteiger partial charge in [0.15, 0.2) is 0 Å². The fraction of sp³-hybridized carbons (Fsp3) is 0.471. The van der Waals surface area contributed by atoms with Crippen LogP contribution in [-0.2, 0) is 4.79 Å². The van der Waals surface area contributed by atoms with Crippen molar-refractivity contribution in [3.05, 3.63) is 41.1 Å². The molecular weight excluding hydrogens is 291 g/mol. The molecule has 0 unspecified atom stereocenters. The van der Waals surface area contributed by atoms with E-state index >= 15 is 0 Å². The number of rotatable bonds is 5. The lowest BCUT2D eigenvalue weighted by Gasteiger charge is -2.21. The number of hydrogen-bond donors (Lipinski definition) is 1. The van der Waals surface area contributed by atoms with E-state index in [1.807, 2.05) is 45.9 Å². The average molecular weight is 313 g/mol. The molecule has 0 heterocycles. The Morgan fingerprint density at radius 2 is 1.55 bits per heavy atom. The molecule has 0 atom stereocenters. The number of carbonyl (C=O) groups excluding carboxylic acids is 1. The van der Waals surface area contributed by atoms with Gasteiger partial charge in [-0.2, -0.15) is 13.2 Å². The molecule has 1 N–H and O–H groups in total. The Morgan fingerprint density at radius 3 is 1.91 bits per heavy atom. The molecule has 0 radical (unpaired) electrons. The van der Waals surface area contributed by atoms with Gasteiger partial charge < -0.3 is 5.32 Å². The molecule has 0 aliphatic rings. The van der Waals surface area contributed by atoms with Gasteiger partial charge in [-0.15, -0.1) is 0 Å². The molecule has 0 saturated carbocycles. The first-order valence-electron chi connectivity index (χ1n) is 7.23. The highest BCUT2D eigenvalue weighted by atomic mass is 19.4. The van der Waals surface area contributed by atoms with Crippen LogP contribution < -0.4 is 5.32 Å². The van der Waals surface area contributed by atoms with Crippen molar-refractivity contribution in [1.29, 1.82) is 0 Å². The maximum Gasteiger partial charge on any atom is 0.454 e. The van der Waals surface area contributed by atoms with E-state index in [0.29, 0.717) is 6.08 Å². The molecule has 2 nitrogen and oxygen atoms in total. The summed E-state index contributed by atoms with van der Waals surface area (Å²) in [5.74, 6) is -1.43. The summed E-state index contributed by atoms with van der Waals surface area (Å²) in [6.07, 6.45) is -4.25. The summed E-state index contributed by atoms with van der Waals surface area (Å²) in [4.78, 5) is 11.1. The van der Waals surface area contributed by atoms with Crippen LogP contribution >= 0.6 is 0 Å². The molecule has 1 aromatic carbocycles. The van der Waals surface area contributed by atoms with E-state index in [0.717, 1.165) is 16.8 Å². The predicted molar refractivity (Wildman–Crippen MR) is 83.1 cm³/mol. The quantitative estimate of drug-likeness (QED) is 0.739. The zero-order chi connectivity index (χ0) is 17.1. The Morgan fingerprint density at radius 1 is 1.09 bits per heavy atom. The smallest absolute Gasteiger partial charge is 0.359 e. The van der Waals surface area contributed by atoms with Gasteiger partial charge in [0.2, 0.25) is 0 Å². The van der Waals surface area contributed by atoms with E-state index in [1.165, 1.54) is 6.92 Å². The molecule has 0 aromatic heterocycles. The first-order valence-corrected chi connectivity index (χ1v) is 7.23. The summed E-state index contributed by atoms with van der Waals surface area (Å²) < 4.78 is 37.0. The van der Waals surface area contributed by atoms with Crippen LogP contribution in [0.15, 0.2) is 30.0 Å². The number of carbonyl (C=O) groups is 1. The Labute approximate surface area is 129 Å². The minimum Gasteiger partial charge on any atom is -0.359 e. The zero-order valence-electron chi connectivity index (χ0n) is 13.5. The van der Waals surface area contributed by atoms with Gasteiger partial charge in [0, 0.05) is 17.5 Å². The zero-order valence-corrected chi connectivity index (χ0v) is 13.5. The minimum atomic E-state index is -4.85. The Bertz CT molecular complexity index is 546. The Balaban J connectivity index is 3.21. The van der Waals surface area contributed by atoms with E-state index in [2.05, 4.69) is 5.32 Å². The molecule has 0 spiro atoms. The van der Waals surface area contributed by atoms with E-state index < -0.39 is 12.0 Å². The molecule has 122 valence electrons. The summed E-state index contributed by atoms with van der Waals surface area (Å²) in [6.45, 7) is 9.54. The third-order valence-corrected chi connectivity index (χ3v) is 3.32. The lowest BCUT2D eigenvalue weighted by molar-refractivity contribution is -0.165. The minimum absolute atomic E-state index is 0.178. The van der Waals surface area contributed by atoms with E-state index in [1.54, 1.807) is 0 Å². The summed E-state index contributed by atoms with van der Waals surface area (Å²) in [5.41, 5.74) is 2.99. The van der Waals surface area contributed by atoms with Crippen LogP contribution in [0.25, 0.3) is 0 Å². The van der Waals surface area contributed by atoms with Crippen LogP contribution in [0.4, 0.5) is 18.9 Å². The second-order valence-electron chi connectivity index (χ2n) is 5.94. The van der Waals surface area contributed by atoms with Crippen molar-refractivity contribution in [3.63, 3.8) is 0 Å². The molecule has 0 fully saturated rings. The van der Waals surface area contributed by atoms with Crippen LogP contribution in [0.3, 0.4) is 0 Å². The van der Waals surface area contributed by atoms with E-state index in [4.69, 9.17) is 0 Å². The van der Waals surface area contributed by atoms with Crippen LogP contribution in [0.5, 0.6) is 0 Å². The van der Waals surface area contributed by atoms with Gasteiger partial charge in [-0.3, -0.25) is 4.79 Å². The maximum atomic E-state index is 12.3. The van der Waals surface area contributed by atoms with Crippen molar-refractivity contribution in [1.82, 2.24) is 0 Å². The number of anilines is 1. The second kappa shape index (κ2) is 6.99. The highest BCUT2D eigenvalue weighted by Crippen LogP contribution is 2.33. The first kappa shape index (κ1) is 18.3. The van der Waals surface area contributed by atoms with Crippen molar-refractivity contribution in [2.24, 2.45) is 0 Å². The third kappa shape index (κ3) is 4.61. The molecule has 22 heavy (non-hydrogen) atoms. The van der Waals surface area contributed by atoms with Crippen molar-refractivity contribution >= 4 is 11.5 Å². The Kier molecular flexibility index (Phi) is 5.80. The molecular formula is C17H22F3NO. The topological polar surface area (TPSA) is 29.1 Å². The highest BCUT2D eigenvalue weighted by Gasteiger charge is 2.36. The van der Waals surface area contributed by atoms with E-state index in [-0.39, 0.29) is 17.5 Å². The monoisotopic (exact) mass is 313 g/mol. The number of hydrogen-bond acceptors (Lipinski definition) is 2. The van der Waals surface area contributed by atoms with Gasteiger partial charge in [-0.1, -0.05) is 45.9 Å². The summed E-state index contributed by atoms with van der Waals surface area (Å²) >= 11 is 0. The van der Waals surface area contributed by atoms with Gasteiger partial charge in [-0.25, -0.2) is 0 Å². The van der Waals surface area contributed by atoms with Gasteiger partial charge in [0.1, 0.15) is 0 Å². The molecule has 1 aromatic rings. The van der Waals surface area contributed by atoms with Crippen LogP contribution in [-0.4, -0.2) is 12.0 Å². The number of ketones is 1. The predicted octanol–water partition coefficient (Wildman–Crippen LogP) is 5.38. The molecule has 0 amide bonds. The van der Waals surface area contributed by atoms with Crippen molar-refractivity contribution in [2.45, 2.75) is 52.6 Å². The van der Waals surface area contributed by atoms with Gasteiger partial charge in [0.25, 0.3) is 5.78 Å². The molecule has 0 aliphatic heterocycles. The molecule has 0 saturated heterocycles. The number of alkyl halides is 3.